The number of hydrogen-bond acceptors (Lipinski definition) is 5. The van der Waals surface area contributed by atoms with Crippen LogP contribution < -0.4 is 14.8 Å². The summed E-state index contributed by atoms with van der Waals surface area (Å²) in [5, 5.41) is 5.78. The van der Waals surface area contributed by atoms with Crippen LogP contribution in [0.2, 0.25) is 0 Å². The van der Waals surface area contributed by atoms with Gasteiger partial charge in [-0.25, -0.2) is 0 Å². The maximum atomic E-state index is 5.42. The van der Waals surface area contributed by atoms with Crippen molar-refractivity contribution >= 4 is 41.3 Å². The highest BCUT2D eigenvalue weighted by Gasteiger charge is 2.24. The van der Waals surface area contributed by atoms with Gasteiger partial charge in [-0.3, -0.25) is 9.89 Å². The maximum Gasteiger partial charge on any atom is 0.193 e. The number of likely N-dealkylation sites (N-methyl/N-ethyl adjacent to an activating group) is 1. The van der Waals surface area contributed by atoms with Crippen molar-refractivity contribution in [3.05, 3.63) is 46.2 Å². The molecule has 1 aliphatic heterocycles. The minimum atomic E-state index is 0. The Balaban J connectivity index is 0.00000341. The smallest absolute Gasteiger partial charge is 0.193 e. The summed E-state index contributed by atoms with van der Waals surface area (Å²) in [6.45, 7) is 4.09. The lowest BCUT2D eigenvalue weighted by Crippen LogP contribution is -2.44. The van der Waals surface area contributed by atoms with E-state index in [1.807, 2.05) is 30.5 Å². The van der Waals surface area contributed by atoms with Crippen LogP contribution in [-0.2, 0) is 6.42 Å². The van der Waals surface area contributed by atoms with Crippen LogP contribution in [-0.4, -0.2) is 70.3 Å². The van der Waals surface area contributed by atoms with Crippen molar-refractivity contribution in [2.75, 3.05) is 54.5 Å². The number of thiophene rings is 1. The Morgan fingerprint density at radius 3 is 2.55 bits per heavy atom. The Bertz CT molecular complexity index is 810. The van der Waals surface area contributed by atoms with Crippen LogP contribution in [0.1, 0.15) is 29.3 Å². The first-order chi connectivity index (χ1) is 14.7. The second-order valence-corrected chi connectivity index (χ2v) is 8.54. The number of benzene rings is 1. The second-order valence-electron chi connectivity index (χ2n) is 7.56. The summed E-state index contributed by atoms with van der Waals surface area (Å²) in [5.41, 5.74) is 1.21. The van der Waals surface area contributed by atoms with Gasteiger partial charge in [-0.2, -0.15) is 0 Å². The fraction of sp³-hybridized carbons (Fsp3) is 0.522. The molecule has 1 N–H and O–H groups in total. The predicted octanol–water partition coefficient (Wildman–Crippen LogP) is 4.27. The molecule has 8 heteroatoms. The maximum absolute atomic E-state index is 5.42. The molecule has 1 aliphatic rings. The molecule has 1 atom stereocenters. The molecule has 1 aromatic heterocycles. The van der Waals surface area contributed by atoms with E-state index in [4.69, 9.17) is 9.47 Å². The van der Waals surface area contributed by atoms with Crippen molar-refractivity contribution in [2.24, 2.45) is 4.99 Å². The van der Waals surface area contributed by atoms with Crippen molar-refractivity contribution in [3.8, 4) is 11.5 Å². The standard InChI is InChI=1S/C23H34N4O2S.HI/c1-24-23(25-17-19(22-8-7-15-30-22)27-12-5-6-13-27)26(2)14-11-18-9-10-20(28-3)21(16-18)29-4;/h7-10,15-16,19H,5-6,11-14,17H2,1-4H3,(H,24,25);1H. The van der Waals surface area contributed by atoms with Crippen LogP contribution in [0.3, 0.4) is 0 Å². The molecule has 1 unspecified atom stereocenters. The first-order valence-electron chi connectivity index (χ1n) is 10.6. The van der Waals surface area contributed by atoms with Gasteiger partial charge >= 0.3 is 0 Å². The molecule has 0 spiro atoms. The van der Waals surface area contributed by atoms with Gasteiger partial charge in [0.15, 0.2) is 17.5 Å². The number of guanidine groups is 1. The van der Waals surface area contributed by atoms with E-state index in [0.29, 0.717) is 6.04 Å². The van der Waals surface area contributed by atoms with Crippen LogP contribution >= 0.6 is 35.3 Å². The molecule has 6 nitrogen and oxygen atoms in total. The largest absolute Gasteiger partial charge is 0.493 e. The highest BCUT2D eigenvalue weighted by molar-refractivity contribution is 14.0. The summed E-state index contributed by atoms with van der Waals surface area (Å²) in [6, 6.07) is 10.9. The predicted molar refractivity (Wildman–Crippen MR) is 141 cm³/mol. The fourth-order valence-corrected chi connectivity index (χ4v) is 4.82. The highest BCUT2D eigenvalue weighted by Crippen LogP contribution is 2.29. The number of rotatable bonds is 9. The molecule has 172 valence electrons. The van der Waals surface area contributed by atoms with Crippen LogP contribution in [0.5, 0.6) is 11.5 Å². The zero-order valence-electron chi connectivity index (χ0n) is 19.0. The summed E-state index contributed by atoms with van der Waals surface area (Å²) in [6.07, 6.45) is 3.49. The van der Waals surface area contributed by atoms with E-state index < -0.39 is 0 Å². The van der Waals surface area contributed by atoms with Gasteiger partial charge in [-0.1, -0.05) is 12.1 Å². The first-order valence-corrected chi connectivity index (χ1v) is 11.4. The van der Waals surface area contributed by atoms with Gasteiger partial charge in [0.25, 0.3) is 0 Å². The third-order valence-electron chi connectivity index (χ3n) is 5.66. The molecule has 3 rings (SSSR count). The minimum absolute atomic E-state index is 0. The van der Waals surface area contributed by atoms with Gasteiger partial charge in [-0.05, 0) is 61.5 Å². The number of halogens is 1. The number of nitrogens with one attached hydrogen (secondary N) is 1. The van der Waals surface area contributed by atoms with Gasteiger partial charge in [0.05, 0.1) is 20.3 Å². The summed E-state index contributed by atoms with van der Waals surface area (Å²) < 4.78 is 10.8. The molecule has 0 amide bonds. The summed E-state index contributed by atoms with van der Waals surface area (Å²) in [5.74, 6) is 2.45. The Morgan fingerprint density at radius 1 is 1.19 bits per heavy atom. The normalized spacial score (nSPS) is 15.3. The number of methoxy groups -OCH3 is 2. The Hall–Kier alpha value is -1.52. The van der Waals surface area contributed by atoms with E-state index in [0.717, 1.165) is 37.0 Å². The molecule has 2 aromatic rings. The van der Waals surface area contributed by atoms with E-state index in [2.05, 4.69) is 50.7 Å². The molecule has 31 heavy (non-hydrogen) atoms. The average Bonchev–Trinajstić information content (AvgIpc) is 3.49. The van der Waals surface area contributed by atoms with E-state index in [1.165, 1.54) is 36.4 Å². The number of aliphatic imine (C=N–C) groups is 1. The molecule has 1 saturated heterocycles. The lowest BCUT2D eigenvalue weighted by Gasteiger charge is -2.29. The number of ether oxygens (including phenoxy) is 2. The van der Waals surface area contributed by atoms with E-state index in [1.54, 1.807) is 14.2 Å². The number of nitrogens with zero attached hydrogens (tertiary/aromatic N) is 3. The first kappa shape index (κ1) is 25.7. The molecule has 0 radical (unpaired) electrons. The molecule has 0 bridgehead atoms. The lowest BCUT2D eigenvalue weighted by atomic mass is 10.1. The molecule has 0 saturated carbocycles. The summed E-state index contributed by atoms with van der Waals surface area (Å²) in [4.78, 5) is 10.7. The van der Waals surface area contributed by atoms with Crippen molar-refractivity contribution < 1.29 is 9.47 Å². The number of likely N-dealkylation sites (tertiary alicyclic amines) is 1. The Morgan fingerprint density at radius 2 is 1.94 bits per heavy atom. The monoisotopic (exact) mass is 558 g/mol. The van der Waals surface area contributed by atoms with E-state index in [-0.39, 0.29) is 24.0 Å². The lowest BCUT2D eigenvalue weighted by molar-refractivity contribution is 0.247. The average molecular weight is 559 g/mol. The fourth-order valence-electron chi connectivity index (χ4n) is 3.96. The van der Waals surface area contributed by atoms with Crippen LogP contribution in [0.4, 0.5) is 0 Å². The minimum Gasteiger partial charge on any atom is -0.493 e. The van der Waals surface area contributed by atoms with Crippen molar-refractivity contribution in [2.45, 2.75) is 25.3 Å². The van der Waals surface area contributed by atoms with Gasteiger partial charge < -0.3 is 19.7 Å². The van der Waals surface area contributed by atoms with E-state index >= 15 is 0 Å². The topological polar surface area (TPSA) is 49.3 Å². The van der Waals surface area contributed by atoms with Crippen molar-refractivity contribution in [1.29, 1.82) is 0 Å². The Labute approximate surface area is 207 Å². The van der Waals surface area contributed by atoms with Gasteiger partial charge in [-0.15, -0.1) is 35.3 Å². The van der Waals surface area contributed by atoms with Gasteiger partial charge in [0.1, 0.15) is 0 Å². The molecule has 0 aliphatic carbocycles. The zero-order chi connectivity index (χ0) is 21.3. The molecular weight excluding hydrogens is 523 g/mol. The van der Waals surface area contributed by atoms with Crippen LogP contribution in [0.25, 0.3) is 0 Å². The quantitative estimate of drug-likeness (QED) is 0.283. The summed E-state index contributed by atoms with van der Waals surface area (Å²) in [7, 11) is 7.27. The number of hydrogen-bond donors (Lipinski definition) is 1. The van der Waals surface area contributed by atoms with E-state index in [9.17, 15) is 0 Å². The van der Waals surface area contributed by atoms with Gasteiger partial charge in [0, 0.05) is 32.1 Å². The van der Waals surface area contributed by atoms with Crippen LogP contribution in [0, 0.1) is 0 Å². The third-order valence-corrected chi connectivity index (χ3v) is 6.64. The van der Waals surface area contributed by atoms with Crippen LogP contribution in [0.15, 0.2) is 40.7 Å². The molecule has 1 fully saturated rings. The Kier molecular flexibility index (Phi) is 10.9. The zero-order valence-corrected chi connectivity index (χ0v) is 22.1. The van der Waals surface area contributed by atoms with Crippen molar-refractivity contribution in [1.82, 2.24) is 15.1 Å². The highest BCUT2D eigenvalue weighted by atomic mass is 127. The molecular formula is C23H35IN4O2S. The molecule has 2 heterocycles. The third kappa shape index (κ3) is 6.98. The second kappa shape index (κ2) is 13.1. The molecule has 1 aromatic carbocycles. The summed E-state index contributed by atoms with van der Waals surface area (Å²) >= 11 is 1.84. The van der Waals surface area contributed by atoms with Gasteiger partial charge in [0.2, 0.25) is 0 Å². The SMILES string of the molecule is CN=C(NCC(c1cccs1)N1CCCC1)N(C)CCc1ccc(OC)c(OC)c1.I. The van der Waals surface area contributed by atoms with Crippen molar-refractivity contribution in [3.63, 3.8) is 0 Å².